The Morgan fingerprint density at radius 2 is 0.541 bits per heavy atom. The number of thiazole rings is 1. The van der Waals surface area contributed by atoms with E-state index in [0.29, 0.717) is 0 Å². The van der Waals surface area contributed by atoms with Crippen molar-refractivity contribution in [3.05, 3.63) is 364 Å². The predicted molar refractivity (Wildman–Crippen MR) is 460 cm³/mol. The first-order chi connectivity index (χ1) is 54.0. The van der Waals surface area contributed by atoms with Crippen LogP contribution in [0, 0.1) is 0 Å². The lowest BCUT2D eigenvalue weighted by molar-refractivity contribution is 0.603. The zero-order valence-electron chi connectivity index (χ0n) is 59.1. The molecule has 0 unspecified atom stereocenters. The number of aryl methyl sites for hydroxylation is 1. The van der Waals surface area contributed by atoms with Crippen LogP contribution in [0.25, 0.3) is 217 Å². The molecule has 0 saturated carbocycles. The van der Waals surface area contributed by atoms with Crippen molar-refractivity contribution in [3.63, 3.8) is 0 Å². The molecule has 0 aliphatic heterocycles. The first-order valence-corrected chi connectivity index (χ1v) is 37.6. The number of para-hydroxylation sites is 3. The highest BCUT2D eigenvalue weighted by Gasteiger charge is 2.20. The van der Waals surface area contributed by atoms with Gasteiger partial charge in [-0.15, -0.1) is 11.3 Å². The molecule has 109 heavy (non-hydrogen) atoms. The predicted octanol–water partition coefficient (Wildman–Crippen LogP) is 28.0. The average molecular weight is 1410 g/mol. The van der Waals surface area contributed by atoms with E-state index in [1.165, 1.54) is 180 Å². The minimum Gasteiger partial charge on any atom is -0.443 e. The minimum absolute atomic E-state index is 0.835. The Morgan fingerprint density at radius 1 is 0.239 bits per heavy atom. The highest BCUT2D eigenvalue weighted by atomic mass is 32.1. The standard InChI is InChI=1S/C26H18N2.2C25H15NO.C25H15NS/c1-28-16-27-24-15-7-14-23(26(24)28)22-13-6-12-21-19-9-3-2-8-17(19)18-10-4-5-11-20(18)25(21)22;1-2-8-18-16(7-1)17-9-3-4-10-19(17)24-20(18)11-5-12-21(24)22-13-6-14-23-25(22)27-15-26-23;2*1-2-8-20-18(6-1)19-7-3-4-9-21(19)23-14-16(12-13-22(20)23)17-10-5-11-24-25(17)27-15-26-24/h2-16H,1H3;3*1-15H. The van der Waals surface area contributed by atoms with Gasteiger partial charge < -0.3 is 13.4 Å². The fourth-order valence-corrected chi connectivity index (χ4v) is 18.1. The molecule has 510 valence electrons. The van der Waals surface area contributed by atoms with Crippen LogP contribution in [0.4, 0.5) is 0 Å². The normalized spacial score (nSPS) is 11.7. The van der Waals surface area contributed by atoms with Gasteiger partial charge in [0.1, 0.15) is 11.0 Å². The summed E-state index contributed by atoms with van der Waals surface area (Å²) in [6.45, 7) is 0. The molecule has 0 fully saturated rings. The van der Waals surface area contributed by atoms with E-state index in [-0.39, 0.29) is 0 Å². The van der Waals surface area contributed by atoms with Crippen molar-refractivity contribution in [1.29, 1.82) is 0 Å². The van der Waals surface area contributed by atoms with Gasteiger partial charge in [-0.3, -0.25) is 0 Å². The number of aromatic nitrogens is 5. The van der Waals surface area contributed by atoms with Crippen LogP contribution in [0.2, 0.25) is 0 Å². The Labute approximate surface area is 629 Å². The fourth-order valence-electron chi connectivity index (χ4n) is 17.3. The Kier molecular flexibility index (Phi) is 15.2. The maximum absolute atomic E-state index is 5.74. The molecule has 0 N–H and O–H groups in total. The molecule has 7 nitrogen and oxygen atoms in total. The van der Waals surface area contributed by atoms with Crippen molar-refractivity contribution < 1.29 is 8.83 Å². The van der Waals surface area contributed by atoms with Crippen molar-refractivity contribution in [1.82, 2.24) is 24.5 Å². The van der Waals surface area contributed by atoms with Crippen LogP contribution < -0.4 is 0 Å². The average Bonchev–Trinajstić information content (AvgIpc) is 1.68. The van der Waals surface area contributed by atoms with E-state index in [0.717, 1.165) is 49.9 Å². The Balaban J connectivity index is 0.0000000925. The van der Waals surface area contributed by atoms with Crippen LogP contribution in [-0.4, -0.2) is 24.5 Å². The molecule has 0 spiro atoms. The van der Waals surface area contributed by atoms with Gasteiger partial charge in [0.25, 0.3) is 0 Å². The van der Waals surface area contributed by atoms with E-state index < -0.39 is 0 Å². The molecule has 0 aliphatic carbocycles. The number of hydrogen-bond acceptors (Lipinski definition) is 7. The number of nitrogens with zero attached hydrogens (tertiary/aromatic N) is 5. The lowest BCUT2D eigenvalue weighted by atomic mass is 9.89. The molecule has 0 saturated heterocycles. The summed E-state index contributed by atoms with van der Waals surface area (Å²) in [5, 5.41) is 31.0. The van der Waals surface area contributed by atoms with Gasteiger partial charge in [0.05, 0.1) is 33.1 Å². The van der Waals surface area contributed by atoms with E-state index in [1.807, 2.05) is 36.1 Å². The van der Waals surface area contributed by atoms with Gasteiger partial charge in [-0.1, -0.05) is 303 Å². The number of fused-ring (bicyclic) bond motifs is 28. The zero-order valence-corrected chi connectivity index (χ0v) is 59.9. The van der Waals surface area contributed by atoms with Crippen LogP contribution in [0.1, 0.15) is 0 Å². The topological polar surface area (TPSA) is 82.8 Å². The van der Waals surface area contributed by atoms with Crippen molar-refractivity contribution in [2.75, 3.05) is 0 Å². The molecule has 0 aliphatic rings. The smallest absolute Gasteiger partial charge is 0.182 e. The lowest BCUT2D eigenvalue weighted by Gasteiger charge is -2.15. The summed E-state index contributed by atoms with van der Waals surface area (Å²) in [6.07, 6.45) is 4.93. The summed E-state index contributed by atoms with van der Waals surface area (Å²) in [5.74, 6) is 0. The molecular formula is C101H63N5O2S. The third kappa shape index (κ3) is 10.5. The molecule has 0 radical (unpaired) electrons. The summed E-state index contributed by atoms with van der Waals surface area (Å²) in [6, 6.07) is 121. The van der Waals surface area contributed by atoms with Gasteiger partial charge in [0.2, 0.25) is 0 Å². The van der Waals surface area contributed by atoms with Crippen molar-refractivity contribution in [3.8, 4) is 44.5 Å². The highest BCUT2D eigenvalue weighted by Crippen LogP contribution is 2.46. The zero-order chi connectivity index (χ0) is 72.0. The Morgan fingerprint density at radius 3 is 0.982 bits per heavy atom. The maximum atomic E-state index is 5.74. The third-order valence-electron chi connectivity index (χ3n) is 22.0. The van der Waals surface area contributed by atoms with Crippen LogP contribution >= 0.6 is 11.3 Å². The van der Waals surface area contributed by atoms with Gasteiger partial charge in [0.15, 0.2) is 24.0 Å². The quantitative estimate of drug-likeness (QED) is 0.163. The van der Waals surface area contributed by atoms with Gasteiger partial charge >= 0.3 is 0 Å². The number of hydrogen-bond donors (Lipinski definition) is 0. The number of imidazole rings is 1. The SMILES string of the molecule is Cn1cnc2cccc(-c3cccc4c5ccccc5c5ccccc5c34)c21.c1cc(-c2ccc3c4ccccc4c4ccccc4c3c2)c2ocnc2c1.c1cc(-c2ccc3c4ccccc4c4ccccc4c3c2)c2scnc2c1.c1cc(-c2cccc3c4ccccc4c4ccccc4c23)c2ocnc2c1. The van der Waals surface area contributed by atoms with E-state index in [9.17, 15) is 0 Å². The van der Waals surface area contributed by atoms with E-state index in [1.54, 1.807) is 11.3 Å². The van der Waals surface area contributed by atoms with Gasteiger partial charge in [0, 0.05) is 29.3 Å². The van der Waals surface area contributed by atoms with Crippen LogP contribution in [0.15, 0.2) is 373 Å². The maximum Gasteiger partial charge on any atom is 0.182 e. The first kappa shape index (κ1) is 63.3. The van der Waals surface area contributed by atoms with Crippen LogP contribution in [0.5, 0.6) is 0 Å². The first-order valence-electron chi connectivity index (χ1n) is 36.7. The summed E-state index contributed by atoms with van der Waals surface area (Å²) in [5.41, 5.74) is 18.1. The van der Waals surface area contributed by atoms with Gasteiger partial charge in [-0.2, -0.15) is 0 Å². The second-order valence-corrected chi connectivity index (χ2v) is 28.7. The van der Waals surface area contributed by atoms with Crippen LogP contribution in [-0.2, 0) is 7.05 Å². The van der Waals surface area contributed by atoms with E-state index >= 15 is 0 Å². The largest absolute Gasteiger partial charge is 0.443 e. The third-order valence-corrected chi connectivity index (χ3v) is 22.9. The van der Waals surface area contributed by atoms with Crippen molar-refractivity contribution in [2.24, 2.45) is 7.05 Å². The molecule has 24 rings (SSSR count). The summed E-state index contributed by atoms with van der Waals surface area (Å²) < 4.78 is 14.8. The minimum atomic E-state index is 0.835. The molecule has 4 heterocycles. The summed E-state index contributed by atoms with van der Waals surface area (Å²) in [7, 11) is 2.07. The molecule has 0 amide bonds. The van der Waals surface area contributed by atoms with E-state index in [2.05, 4.69) is 347 Å². The lowest BCUT2D eigenvalue weighted by Crippen LogP contribution is -1.91. The second kappa shape index (κ2) is 26.1. The van der Waals surface area contributed by atoms with Crippen molar-refractivity contribution in [2.45, 2.75) is 0 Å². The summed E-state index contributed by atoms with van der Waals surface area (Å²) >= 11 is 1.71. The fraction of sp³-hybridized carbons (Fsp3) is 0.00990. The Bertz CT molecular complexity index is 7320. The molecule has 0 atom stereocenters. The molecule has 24 aromatic rings. The molecule has 8 heteroatoms. The molecular weight excluding hydrogens is 1350 g/mol. The number of oxazole rings is 2. The van der Waals surface area contributed by atoms with E-state index in [4.69, 9.17) is 8.83 Å². The summed E-state index contributed by atoms with van der Waals surface area (Å²) in [4.78, 5) is 17.7. The molecule has 0 bridgehead atoms. The monoisotopic (exact) mass is 1410 g/mol. The Hall–Kier alpha value is -14.2. The van der Waals surface area contributed by atoms with Gasteiger partial charge in [-0.05, 0) is 188 Å². The highest BCUT2D eigenvalue weighted by molar-refractivity contribution is 7.17. The molecule has 20 aromatic carbocycles. The number of rotatable bonds is 4. The van der Waals surface area contributed by atoms with Crippen LogP contribution in [0.3, 0.4) is 0 Å². The second-order valence-electron chi connectivity index (χ2n) is 27.9. The van der Waals surface area contributed by atoms with Crippen molar-refractivity contribution >= 4 is 184 Å². The molecule has 4 aromatic heterocycles. The van der Waals surface area contributed by atoms with Gasteiger partial charge in [-0.25, -0.2) is 19.9 Å². The number of benzene rings is 20.